The van der Waals surface area contributed by atoms with Gasteiger partial charge in [0.15, 0.2) is 0 Å². The van der Waals surface area contributed by atoms with Gasteiger partial charge in [-0.1, -0.05) is 38.1 Å². The lowest BCUT2D eigenvalue weighted by Crippen LogP contribution is -2.27. The van der Waals surface area contributed by atoms with E-state index in [0.717, 1.165) is 5.56 Å². The van der Waals surface area contributed by atoms with Crippen LogP contribution >= 0.6 is 0 Å². The highest BCUT2D eigenvalue weighted by atomic mass is 16.1. The molecule has 0 saturated carbocycles. The van der Waals surface area contributed by atoms with Crippen LogP contribution in [0.3, 0.4) is 0 Å². The predicted octanol–water partition coefficient (Wildman–Crippen LogP) is 1.34. The van der Waals surface area contributed by atoms with E-state index in [2.05, 4.69) is 13.8 Å². The smallest absolute Gasteiger partial charge is 0.226 e. The molecule has 1 aromatic carbocycles. The average Bonchev–Trinajstić information content (AvgIpc) is 2.19. The zero-order valence-corrected chi connectivity index (χ0v) is 9.23. The van der Waals surface area contributed by atoms with Crippen LogP contribution in [0.1, 0.15) is 36.8 Å². The van der Waals surface area contributed by atoms with Crippen LogP contribution in [0.5, 0.6) is 0 Å². The summed E-state index contributed by atoms with van der Waals surface area (Å²) in [4.78, 5) is 11.1. The van der Waals surface area contributed by atoms with Crippen LogP contribution < -0.4 is 11.5 Å². The number of nitrogens with two attached hydrogens (primary N) is 2. The summed E-state index contributed by atoms with van der Waals surface area (Å²) in [5, 5.41) is 0. The minimum Gasteiger partial charge on any atom is -0.369 e. The number of carbonyl (C=O) groups excluding carboxylic acids is 1. The summed E-state index contributed by atoms with van der Waals surface area (Å²) < 4.78 is 0. The normalized spacial score (nSPS) is 12.8. The molecule has 3 heteroatoms. The Bertz CT molecular complexity index is 330. The highest BCUT2D eigenvalue weighted by Crippen LogP contribution is 2.19. The molecule has 1 unspecified atom stereocenters. The van der Waals surface area contributed by atoms with E-state index in [9.17, 15) is 4.79 Å². The van der Waals surface area contributed by atoms with Gasteiger partial charge in [0.2, 0.25) is 5.91 Å². The quantitative estimate of drug-likeness (QED) is 0.780. The van der Waals surface area contributed by atoms with Crippen LogP contribution in [-0.4, -0.2) is 12.5 Å². The lowest BCUT2D eigenvalue weighted by molar-refractivity contribution is -0.119. The fraction of sp³-hybridized carbons (Fsp3) is 0.417. The Labute approximate surface area is 90.5 Å². The van der Waals surface area contributed by atoms with E-state index in [4.69, 9.17) is 11.5 Å². The van der Waals surface area contributed by atoms with E-state index in [0.29, 0.717) is 5.92 Å². The van der Waals surface area contributed by atoms with Gasteiger partial charge in [0, 0.05) is 6.54 Å². The van der Waals surface area contributed by atoms with Crippen LogP contribution in [0.25, 0.3) is 0 Å². The van der Waals surface area contributed by atoms with Gasteiger partial charge in [-0.2, -0.15) is 0 Å². The van der Waals surface area contributed by atoms with Crippen molar-refractivity contribution >= 4 is 5.91 Å². The first kappa shape index (κ1) is 11.7. The van der Waals surface area contributed by atoms with Crippen molar-refractivity contribution in [3.8, 4) is 0 Å². The molecule has 0 saturated heterocycles. The maximum Gasteiger partial charge on any atom is 0.226 e. The number of primary amides is 1. The van der Waals surface area contributed by atoms with Crippen molar-refractivity contribution in [2.75, 3.05) is 6.54 Å². The lowest BCUT2D eigenvalue weighted by atomic mass is 9.95. The Hall–Kier alpha value is -1.35. The first-order valence-electron chi connectivity index (χ1n) is 5.15. The van der Waals surface area contributed by atoms with E-state index < -0.39 is 0 Å². The van der Waals surface area contributed by atoms with Gasteiger partial charge >= 0.3 is 0 Å². The van der Waals surface area contributed by atoms with E-state index in [1.807, 2.05) is 24.3 Å². The van der Waals surface area contributed by atoms with Crippen molar-refractivity contribution < 1.29 is 4.79 Å². The summed E-state index contributed by atoms with van der Waals surface area (Å²) in [6, 6.07) is 7.90. The summed E-state index contributed by atoms with van der Waals surface area (Å²) in [6.07, 6.45) is 0. The molecule has 0 aliphatic carbocycles. The van der Waals surface area contributed by atoms with Gasteiger partial charge in [-0.05, 0) is 17.0 Å². The predicted molar refractivity (Wildman–Crippen MR) is 61.5 cm³/mol. The van der Waals surface area contributed by atoms with Crippen LogP contribution in [0.2, 0.25) is 0 Å². The van der Waals surface area contributed by atoms with Crippen LogP contribution in [-0.2, 0) is 4.79 Å². The van der Waals surface area contributed by atoms with Crippen LogP contribution in [0.15, 0.2) is 24.3 Å². The lowest BCUT2D eigenvalue weighted by Gasteiger charge is -2.12. The fourth-order valence-corrected chi connectivity index (χ4v) is 1.53. The van der Waals surface area contributed by atoms with Crippen molar-refractivity contribution in [1.29, 1.82) is 0 Å². The molecule has 0 heterocycles. The molecule has 1 amide bonds. The molecule has 0 aromatic heterocycles. The number of rotatable bonds is 4. The monoisotopic (exact) mass is 206 g/mol. The van der Waals surface area contributed by atoms with Gasteiger partial charge in [0.25, 0.3) is 0 Å². The highest BCUT2D eigenvalue weighted by molar-refractivity contribution is 5.82. The Morgan fingerprint density at radius 1 is 1.20 bits per heavy atom. The number of benzene rings is 1. The Morgan fingerprint density at radius 2 is 1.67 bits per heavy atom. The van der Waals surface area contributed by atoms with Gasteiger partial charge in [0.05, 0.1) is 5.92 Å². The number of hydrogen-bond acceptors (Lipinski definition) is 2. The Morgan fingerprint density at radius 3 is 2.00 bits per heavy atom. The maximum absolute atomic E-state index is 11.1. The molecule has 0 bridgehead atoms. The molecule has 0 aliphatic rings. The molecule has 0 radical (unpaired) electrons. The molecule has 4 N–H and O–H groups in total. The number of carbonyl (C=O) groups is 1. The molecule has 0 fully saturated rings. The Balaban J connectivity index is 2.92. The third-order valence-electron chi connectivity index (χ3n) is 2.58. The van der Waals surface area contributed by atoms with Gasteiger partial charge in [-0.15, -0.1) is 0 Å². The van der Waals surface area contributed by atoms with Crippen LogP contribution in [0.4, 0.5) is 0 Å². The third kappa shape index (κ3) is 2.80. The van der Waals surface area contributed by atoms with Crippen molar-refractivity contribution in [2.24, 2.45) is 11.5 Å². The largest absolute Gasteiger partial charge is 0.369 e. The van der Waals surface area contributed by atoms with Gasteiger partial charge < -0.3 is 11.5 Å². The van der Waals surface area contributed by atoms with Gasteiger partial charge in [0.1, 0.15) is 0 Å². The summed E-state index contributed by atoms with van der Waals surface area (Å²) in [5.74, 6) is -0.245. The molecule has 0 spiro atoms. The standard InChI is InChI=1S/C12H18N2O/c1-8(2)9-3-5-10(6-4-9)11(7-13)12(14)15/h3-6,8,11H,7,13H2,1-2H3,(H2,14,15). The second-order valence-corrected chi connectivity index (χ2v) is 4.01. The van der Waals surface area contributed by atoms with E-state index in [-0.39, 0.29) is 18.4 Å². The van der Waals surface area contributed by atoms with Gasteiger partial charge in [-0.25, -0.2) is 0 Å². The zero-order chi connectivity index (χ0) is 11.4. The summed E-state index contributed by atoms with van der Waals surface area (Å²) in [6.45, 7) is 4.52. The van der Waals surface area contributed by atoms with Crippen molar-refractivity contribution in [1.82, 2.24) is 0 Å². The van der Waals surface area contributed by atoms with Crippen molar-refractivity contribution in [2.45, 2.75) is 25.7 Å². The van der Waals surface area contributed by atoms with E-state index in [1.165, 1.54) is 5.56 Å². The molecule has 1 rings (SSSR count). The zero-order valence-electron chi connectivity index (χ0n) is 9.23. The first-order valence-corrected chi connectivity index (χ1v) is 5.15. The van der Waals surface area contributed by atoms with E-state index in [1.54, 1.807) is 0 Å². The molecule has 3 nitrogen and oxygen atoms in total. The molecular formula is C12H18N2O. The minimum atomic E-state index is -0.369. The molecule has 1 atom stereocenters. The number of amides is 1. The average molecular weight is 206 g/mol. The molecule has 1 aromatic rings. The SMILES string of the molecule is CC(C)c1ccc(C(CN)C(N)=O)cc1. The maximum atomic E-state index is 11.1. The second-order valence-electron chi connectivity index (χ2n) is 4.01. The molecule has 15 heavy (non-hydrogen) atoms. The van der Waals surface area contributed by atoms with E-state index >= 15 is 0 Å². The fourth-order valence-electron chi connectivity index (χ4n) is 1.53. The Kier molecular flexibility index (Phi) is 3.86. The number of hydrogen-bond donors (Lipinski definition) is 2. The molecule has 0 aliphatic heterocycles. The third-order valence-corrected chi connectivity index (χ3v) is 2.58. The topological polar surface area (TPSA) is 69.1 Å². The summed E-state index contributed by atoms with van der Waals surface area (Å²) in [7, 11) is 0. The highest BCUT2D eigenvalue weighted by Gasteiger charge is 2.15. The van der Waals surface area contributed by atoms with Crippen molar-refractivity contribution in [3.05, 3.63) is 35.4 Å². The first-order chi connectivity index (χ1) is 7.06. The summed E-state index contributed by atoms with van der Waals surface area (Å²) >= 11 is 0. The van der Waals surface area contributed by atoms with Crippen molar-refractivity contribution in [3.63, 3.8) is 0 Å². The molecular weight excluding hydrogens is 188 g/mol. The second kappa shape index (κ2) is 4.94. The molecule has 82 valence electrons. The minimum absolute atomic E-state index is 0.260. The van der Waals surface area contributed by atoms with Gasteiger partial charge in [-0.3, -0.25) is 4.79 Å². The summed E-state index contributed by atoms with van der Waals surface area (Å²) in [5.41, 5.74) is 12.9. The van der Waals surface area contributed by atoms with Crippen LogP contribution in [0, 0.1) is 0 Å².